The maximum atomic E-state index is 12.8. The lowest BCUT2D eigenvalue weighted by Crippen LogP contribution is -2.24. The fraction of sp³-hybridized carbons (Fsp3) is 0.348. The van der Waals surface area contributed by atoms with Gasteiger partial charge in [-0.05, 0) is 50.2 Å². The first-order valence-corrected chi connectivity index (χ1v) is 9.96. The number of phenols is 2. The normalized spacial score (nSPS) is 11.3. The molecule has 0 saturated carbocycles. The zero-order valence-electron chi connectivity index (χ0n) is 16.9. The van der Waals surface area contributed by atoms with E-state index >= 15 is 0 Å². The molecule has 1 aromatic heterocycles. The Bertz CT molecular complexity index is 1010. The van der Waals surface area contributed by atoms with Gasteiger partial charge in [0.15, 0.2) is 0 Å². The summed E-state index contributed by atoms with van der Waals surface area (Å²) in [6.07, 6.45) is 3.30. The first-order chi connectivity index (χ1) is 14.0. The molecule has 0 unspecified atom stereocenters. The summed E-state index contributed by atoms with van der Waals surface area (Å²) in [6.45, 7) is 7.95. The summed E-state index contributed by atoms with van der Waals surface area (Å²) >= 11 is 0. The van der Waals surface area contributed by atoms with E-state index in [1.54, 1.807) is 18.2 Å². The predicted octanol–water partition coefficient (Wildman–Crippen LogP) is 4.37. The Morgan fingerprint density at radius 1 is 1.03 bits per heavy atom. The summed E-state index contributed by atoms with van der Waals surface area (Å²) < 4.78 is 11.4. The number of phenolic OH excluding ortho intramolecular Hbond substituents is 2. The van der Waals surface area contributed by atoms with Gasteiger partial charge in [0.2, 0.25) is 5.43 Å². The monoisotopic (exact) mass is 397 g/mol. The van der Waals surface area contributed by atoms with E-state index in [2.05, 4.69) is 18.7 Å². The summed E-state index contributed by atoms with van der Waals surface area (Å²) in [6, 6.07) is 9.32. The van der Waals surface area contributed by atoms with Crippen molar-refractivity contribution in [3.63, 3.8) is 0 Å². The molecule has 2 N–H and O–H groups in total. The fourth-order valence-corrected chi connectivity index (χ4v) is 3.30. The highest BCUT2D eigenvalue weighted by atomic mass is 16.5. The van der Waals surface area contributed by atoms with Crippen molar-refractivity contribution >= 4 is 11.0 Å². The average Bonchev–Trinajstić information content (AvgIpc) is 2.71. The first kappa shape index (κ1) is 20.7. The molecular weight excluding hydrogens is 370 g/mol. The summed E-state index contributed by atoms with van der Waals surface area (Å²) in [7, 11) is 0. The quantitative estimate of drug-likeness (QED) is 0.522. The molecule has 3 aromatic rings. The lowest BCUT2D eigenvalue weighted by Gasteiger charge is -2.17. The third-order valence-electron chi connectivity index (χ3n) is 5.04. The molecule has 0 saturated heterocycles. The molecule has 0 fully saturated rings. The second-order valence-corrected chi connectivity index (χ2v) is 6.92. The van der Waals surface area contributed by atoms with Gasteiger partial charge in [0, 0.05) is 12.1 Å². The molecule has 0 atom stereocenters. The summed E-state index contributed by atoms with van der Waals surface area (Å²) in [5.74, 6) is 0.411. The molecule has 1 heterocycles. The molecule has 0 spiro atoms. The maximum absolute atomic E-state index is 12.8. The maximum Gasteiger partial charge on any atom is 0.204 e. The van der Waals surface area contributed by atoms with Gasteiger partial charge in [0.25, 0.3) is 0 Å². The van der Waals surface area contributed by atoms with Gasteiger partial charge in [0.05, 0.1) is 12.2 Å². The zero-order chi connectivity index (χ0) is 20.8. The number of fused-ring (bicyclic) bond motifs is 1. The van der Waals surface area contributed by atoms with Crippen molar-refractivity contribution in [2.45, 2.75) is 26.7 Å². The van der Waals surface area contributed by atoms with Gasteiger partial charge in [-0.25, -0.2) is 0 Å². The Balaban J connectivity index is 1.74. The highest BCUT2D eigenvalue weighted by Gasteiger charge is 2.14. The van der Waals surface area contributed by atoms with Crippen LogP contribution < -0.4 is 10.2 Å². The van der Waals surface area contributed by atoms with E-state index in [4.69, 9.17) is 9.15 Å². The molecule has 0 aliphatic heterocycles. The van der Waals surface area contributed by atoms with Crippen LogP contribution in [-0.2, 0) is 0 Å². The van der Waals surface area contributed by atoms with Crippen LogP contribution in [0.25, 0.3) is 22.1 Å². The van der Waals surface area contributed by atoms with Crippen molar-refractivity contribution in [2.24, 2.45) is 0 Å². The highest BCUT2D eigenvalue weighted by Crippen LogP contribution is 2.30. The molecule has 0 amide bonds. The Morgan fingerprint density at radius 3 is 2.45 bits per heavy atom. The standard InChI is InChI=1S/C23H27NO5/c1-3-24(4-2)11-5-6-12-28-18-13-20(26)22-21(14-18)29-15-19(23(22)27)16-7-9-17(25)10-8-16/h7-10,13-15,25-26H,3-6,11-12H2,1-2H3. The minimum absolute atomic E-state index is 0.112. The van der Waals surface area contributed by atoms with Crippen LogP contribution in [0.3, 0.4) is 0 Å². The van der Waals surface area contributed by atoms with Gasteiger partial charge in [0.1, 0.15) is 34.5 Å². The minimum Gasteiger partial charge on any atom is -0.508 e. The largest absolute Gasteiger partial charge is 0.508 e. The summed E-state index contributed by atoms with van der Waals surface area (Å²) in [5.41, 5.74) is 0.861. The van der Waals surface area contributed by atoms with Gasteiger partial charge in [-0.15, -0.1) is 0 Å². The number of hydrogen-bond donors (Lipinski definition) is 2. The zero-order valence-corrected chi connectivity index (χ0v) is 16.9. The lowest BCUT2D eigenvalue weighted by molar-refractivity contribution is 0.265. The predicted molar refractivity (Wildman–Crippen MR) is 114 cm³/mol. The van der Waals surface area contributed by atoms with Crippen LogP contribution in [0.5, 0.6) is 17.2 Å². The van der Waals surface area contributed by atoms with Crippen molar-refractivity contribution in [3.05, 3.63) is 52.9 Å². The second kappa shape index (κ2) is 9.47. The van der Waals surface area contributed by atoms with Crippen LogP contribution in [0.2, 0.25) is 0 Å². The lowest BCUT2D eigenvalue weighted by atomic mass is 10.0. The van der Waals surface area contributed by atoms with E-state index < -0.39 is 0 Å². The average molecular weight is 397 g/mol. The number of hydrogen-bond acceptors (Lipinski definition) is 6. The Hall–Kier alpha value is -2.99. The molecule has 154 valence electrons. The molecule has 2 aromatic carbocycles. The molecule has 0 bridgehead atoms. The number of benzene rings is 2. The Morgan fingerprint density at radius 2 is 1.76 bits per heavy atom. The fourth-order valence-electron chi connectivity index (χ4n) is 3.30. The molecule has 0 aliphatic carbocycles. The molecule has 6 heteroatoms. The number of nitrogens with zero attached hydrogens (tertiary/aromatic N) is 1. The topological polar surface area (TPSA) is 83.1 Å². The van der Waals surface area contributed by atoms with Gasteiger partial charge in [-0.2, -0.15) is 0 Å². The van der Waals surface area contributed by atoms with Crippen LogP contribution in [0.1, 0.15) is 26.7 Å². The van der Waals surface area contributed by atoms with Crippen molar-refractivity contribution < 1.29 is 19.4 Å². The summed E-state index contributed by atoms with van der Waals surface area (Å²) in [5, 5.41) is 19.9. The summed E-state index contributed by atoms with van der Waals surface area (Å²) in [4.78, 5) is 15.2. The smallest absolute Gasteiger partial charge is 0.204 e. The Kier molecular flexibility index (Phi) is 6.77. The van der Waals surface area contributed by atoms with Crippen LogP contribution in [-0.4, -0.2) is 41.4 Å². The molecular formula is C23H27NO5. The SMILES string of the molecule is CCN(CC)CCCCOc1cc(O)c2c(=O)c(-c3ccc(O)cc3)coc2c1. The van der Waals surface area contributed by atoms with E-state index in [0.717, 1.165) is 32.5 Å². The van der Waals surface area contributed by atoms with Gasteiger partial charge < -0.3 is 24.3 Å². The molecule has 0 aliphatic rings. The second-order valence-electron chi connectivity index (χ2n) is 6.92. The molecule has 6 nitrogen and oxygen atoms in total. The highest BCUT2D eigenvalue weighted by molar-refractivity contribution is 5.88. The molecule has 3 rings (SSSR count). The van der Waals surface area contributed by atoms with Crippen LogP contribution in [0, 0.1) is 0 Å². The number of unbranched alkanes of at least 4 members (excludes halogenated alkanes) is 1. The van der Waals surface area contributed by atoms with Crippen LogP contribution in [0.4, 0.5) is 0 Å². The van der Waals surface area contributed by atoms with Gasteiger partial charge >= 0.3 is 0 Å². The molecule has 29 heavy (non-hydrogen) atoms. The van der Waals surface area contributed by atoms with Gasteiger partial charge in [-0.1, -0.05) is 26.0 Å². The number of ether oxygens (including phenoxy) is 1. The Labute approximate surface area is 170 Å². The van der Waals surface area contributed by atoms with E-state index in [1.165, 1.54) is 24.5 Å². The number of rotatable bonds is 9. The minimum atomic E-state index is -0.333. The van der Waals surface area contributed by atoms with E-state index in [0.29, 0.717) is 23.5 Å². The van der Waals surface area contributed by atoms with Crippen molar-refractivity contribution in [2.75, 3.05) is 26.2 Å². The number of aromatic hydroxyl groups is 2. The van der Waals surface area contributed by atoms with E-state index in [9.17, 15) is 15.0 Å². The first-order valence-electron chi connectivity index (χ1n) is 9.96. The van der Waals surface area contributed by atoms with Crippen LogP contribution in [0.15, 0.2) is 51.9 Å². The molecule has 0 radical (unpaired) electrons. The van der Waals surface area contributed by atoms with E-state index in [1.807, 2.05) is 0 Å². The van der Waals surface area contributed by atoms with Crippen molar-refractivity contribution in [1.29, 1.82) is 0 Å². The van der Waals surface area contributed by atoms with Crippen LogP contribution >= 0.6 is 0 Å². The third-order valence-corrected chi connectivity index (χ3v) is 5.04. The van der Waals surface area contributed by atoms with Crippen molar-refractivity contribution in [1.82, 2.24) is 4.90 Å². The van der Waals surface area contributed by atoms with Gasteiger partial charge in [-0.3, -0.25) is 4.79 Å². The van der Waals surface area contributed by atoms with Crippen molar-refractivity contribution in [3.8, 4) is 28.4 Å². The van der Waals surface area contributed by atoms with E-state index in [-0.39, 0.29) is 27.9 Å². The third kappa shape index (κ3) is 4.90.